The van der Waals surface area contributed by atoms with Crippen molar-refractivity contribution in [2.45, 2.75) is 40.2 Å². The smallest absolute Gasteiger partial charge is 0.0665 e. The average Bonchev–Trinajstić information content (AvgIpc) is 2.21. The van der Waals surface area contributed by atoms with E-state index in [-0.39, 0.29) is 6.04 Å². The Morgan fingerprint density at radius 3 is 2.33 bits per heavy atom. The van der Waals surface area contributed by atoms with Crippen LogP contribution in [0.25, 0.3) is 0 Å². The number of rotatable bonds is 1. The molecule has 0 heterocycles. The standard InChI is InChI=1S/C14H19N/c1-5-14(15)7-6-13-9-11(3)10(2)8-12(13)4/h8-9,14H,5,15H2,1-4H3. The molecule has 0 amide bonds. The van der Waals surface area contributed by atoms with Crippen molar-refractivity contribution in [3.63, 3.8) is 0 Å². The molecule has 1 aromatic carbocycles. The third-order valence-electron chi connectivity index (χ3n) is 2.67. The van der Waals surface area contributed by atoms with Gasteiger partial charge in [-0.1, -0.05) is 24.8 Å². The first-order chi connectivity index (χ1) is 7.04. The van der Waals surface area contributed by atoms with Gasteiger partial charge in [-0.15, -0.1) is 0 Å². The molecule has 0 spiro atoms. The molecular formula is C14H19N. The van der Waals surface area contributed by atoms with Gasteiger partial charge in [0.05, 0.1) is 6.04 Å². The summed E-state index contributed by atoms with van der Waals surface area (Å²) in [6.07, 6.45) is 0.900. The average molecular weight is 201 g/mol. The van der Waals surface area contributed by atoms with Crippen LogP contribution >= 0.6 is 0 Å². The molecule has 1 nitrogen and oxygen atoms in total. The summed E-state index contributed by atoms with van der Waals surface area (Å²) in [5.41, 5.74) is 10.7. The Bertz CT molecular complexity index is 407. The maximum atomic E-state index is 5.77. The van der Waals surface area contributed by atoms with Crippen LogP contribution < -0.4 is 5.73 Å². The van der Waals surface area contributed by atoms with E-state index in [1.165, 1.54) is 16.7 Å². The highest BCUT2D eigenvalue weighted by Crippen LogP contribution is 2.14. The summed E-state index contributed by atoms with van der Waals surface area (Å²) in [6, 6.07) is 4.31. The SMILES string of the molecule is CCC(N)C#Cc1cc(C)c(C)cc1C. The molecule has 1 unspecified atom stereocenters. The largest absolute Gasteiger partial charge is 0.318 e. The van der Waals surface area contributed by atoms with Crippen molar-refractivity contribution in [2.75, 3.05) is 0 Å². The first-order valence-electron chi connectivity index (χ1n) is 5.39. The van der Waals surface area contributed by atoms with Crippen molar-refractivity contribution in [3.05, 3.63) is 34.4 Å². The van der Waals surface area contributed by atoms with Crippen LogP contribution in [0, 0.1) is 32.6 Å². The molecule has 0 saturated carbocycles. The van der Waals surface area contributed by atoms with Gasteiger partial charge in [-0.3, -0.25) is 0 Å². The maximum Gasteiger partial charge on any atom is 0.0665 e. The molecule has 15 heavy (non-hydrogen) atoms. The summed E-state index contributed by atoms with van der Waals surface area (Å²) in [5, 5.41) is 0. The van der Waals surface area contributed by atoms with Gasteiger partial charge in [0.15, 0.2) is 0 Å². The lowest BCUT2D eigenvalue weighted by molar-refractivity contribution is 0.806. The minimum Gasteiger partial charge on any atom is -0.318 e. The van der Waals surface area contributed by atoms with Gasteiger partial charge in [-0.2, -0.15) is 0 Å². The van der Waals surface area contributed by atoms with E-state index < -0.39 is 0 Å². The molecule has 1 atom stereocenters. The van der Waals surface area contributed by atoms with Crippen molar-refractivity contribution in [1.82, 2.24) is 0 Å². The second-order valence-electron chi connectivity index (χ2n) is 4.04. The van der Waals surface area contributed by atoms with E-state index in [1.54, 1.807) is 0 Å². The van der Waals surface area contributed by atoms with Crippen molar-refractivity contribution in [1.29, 1.82) is 0 Å². The van der Waals surface area contributed by atoms with Gasteiger partial charge in [0, 0.05) is 5.56 Å². The maximum absolute atomic E-state index is 5.77. The summed E-state index contributed by atoms with van der Waals surface area (Å²) in [7, 11) is 0. The normalized spacial score (nSPS) is 11.8. The highest BCUT2D eigenvalue weighted by Gasteiger charge is 1.99. The summed E-state index contributed by atoms with van der Waals surface area (Å²) < 4.78 is 0. The van der Waals surface area contributed by atoms with E-state index in [9.17, 15) is 0 Å². The van der Waals surface area contributed by atoms with Crippen LogP contribution in [-0.4, -0.2) is 6.04 Å². The minimum absolute atomic E-state index is 0.00832. The zero-order valence-electron chi connectivity index (χ0n) is 10.0. The van der Waals surface area contributed by atoms with Gasteiger partial charge < -0.3 is 5.73 Å². The lowest BCUT2D eigenvalue weighted by Crippen LogP contribution is -2.15. The van der Waals surface area contributed by atoms with E-state index in [0.717, 1.165) is 12.0 Å². The van der Waals surface area contributed by atoms with Crippen LogP contribution in [-0.2, 0) is 0 Å². The van der Waals surface area contributed by atoms with Gasteiger partial charge in [0.25, 0.3) is 0 Å². The molecule has 1 aromatic rings. The fraction of sp³-hybridized carbons (Fsp3) is 0.429. The Morgan fingerprint density at radius 2 is 1.73 bits per heavy atom. The Hall–Kier alpha value is -1.26. The second-order valence-corrected chi connectivity index (χ2v) is 4.04. The molecule has 0 aliphatic heterocycles. The van der Waals surface area contributed by atoms with Gasteiger partial charge in [0.1, 0.15) is 0 Å². The quantitative estimate of drug-likeness (QED) is 0.695. The van der Waals surface area contributed by atoms with Crippen molar-refractivity contribution < 1.29 is 0 Å². The summed E-state index contributed by atoms with van der Waals surface area (Å²) >= 11 is 0. The predicted octanol–water partition coefficient (Wildman–Crippen LogP) is 2.70. The van der Waals surface area contributed by atoms with E-state index in [2.05, 4.69) is 44.7 Å². The van der Waals surface area contributed by atoms with Gasteiger partial charge in [0.2, 0.25) is 0 Å². The number of benzene rings is 1. The Balaban J connectivity index is 3.04. The highest BCUT2D eigenvalue weighted by atomic mass is 14.6. The third kappa shape index (κ3) is 3.11. The number of nitrogens with two attached hydrogens (primary N) is 1. The lowest BCUT2D eigenvalue weighted by Gasteiger charge is -2.04. The molecule has 0 aromatic heterocycles. The zero-order valence-corrected chi connectivity index (χ0v) is 10.0. The molecule has 0 aliphatic rings. The third-order valence-corrected chi connectivity index (χ3v) is 2.67. The number of hydrogen-bond donors (Lipinski definition) is 1. The lowest BCUT2D eigenvalue weighted by atomic mass is 10.0. The van der Waals surface area contributed by atoms with E-state index in [4.69, 9.17) is 5.73 Å². The molecule has 0 aliphatic carbocycles. The summed E-state index contributed by atoms with van der Waals surface area (Å²) in [6.45, 7) is 8.37. The molecule has 0 fully saturated rings. The van der Waals surface area contributed by atoms with Crippen molar-refractivity contribution >= 4 is 0 Å². The van der Waals surface area contributed by atoms with Gasteiger partial charge in [-0.05, 0) is 49.9 Å². The predicted molar refractivity (Wildman–Crippen MR) is 65.8 cm³/mol. The van der Waals surface area contributed by atoms with Crippen molar-refractivity contribution in [3.8, 4) is 11.8 Å². The molecule has 0 saturated heterocycles. The monoisotopic (exact) mass is 201 g/mol. The van der Waals surface area contributed by atoms with Crippen LogP contribution in [0.15, 0.2) is 12.1 Å². The van der Waals surface area contributed by atoms with E-state index in [1.807, 2.05) is 6.92 Å². The fourth-order valence-electron chi connectivity index (χ4n) is 1.37. The van der Waals surface area contributed by atoms with E-state index in [0.29, 0.717) is 0 Å². The van der Waals surface area contributed by atoms with Crippen LogP contribution in [0.2, 0.25) is 0 Å². The van der Waals surface area contributed by atoms with Crippen molar-refractivity contribution in [2.24, 2.45) is 5.73 Å². The summed E-state index contributed by atoms with van der Waals surface area (Å²) in [4.78, 5) is 0. The topological polar surface area (TPSA) is 26.0 Å². The highest BCUT2D eigenvalue weighted by molar-refractivity contribution is 5.46. The van der Waals surface area contributed by atoms with Crippen LogP contribution in [0.5, 0.6) is 0 Å². The van der Waals surface area contributed by atoms with Crippen LogP contribution in [0.1, 0.15) is 35.6 Å². The molecular weight excluding hydrogens is 182 g/mol. The molecule has 0 bridgehead atoms. The fourth-order valence-corrected chi connectivity index (χ4v) is 1.37. The molecule has 80 valence electrons. The number of hydrogen-bond acceptors (Lipinski definition) is 1. The number of aryl methyl sites for hydroxylation is 3. The molecule has 2 N–H and O–H groups in total. The summed E-state index contributed by atoms with van der Waals surface area (Å²) in [5.74, 6) is 6.22. The Kier molecular flexibility index (Phi) is 3.94. The molecule has 0 radical (unpaired) electrons. The zero-order chi connectivity index (χ0) is 11.4. The Labute approximate surface area is 92.7 Å². The van der Waals surface area contributed by atoms with Crippen LogP contribution in [0.3, 0.4) is 0 Å². The first-order valence-corrected chi connectivity index (χ1v) is 5.39. The molecule has 1 rings (SSSR count). The molecule has 1 heteroatoms. The van der Waals surface area contributed by atoms with Gasteiger partial charge in [-0.25, -0.2) is 0 Å². The van der Waals surface area contributed by atoms with E-state index >= 15 is 0 Å². The minimum atomic E-state index is -0.00832. The van der Waals surface area contributed by atoms with Crippen LogP contribution in [0.4, 0.5) is 0 Å². The Morgan fingerprint density at radius 1 is 1.13 bits per heavy atom. The second kappa shape index (κ2) is 5.00. The van der Waals surface area contributed by atoms with Gasteiger partial charge >= 0.3 is 0 Å². The first kappa shape index (κ1) is 11.8.